The van der Waals surface area contributed by atoms with Crippen molar-refractivity contribution in [3.63, 3.8) is 0 Å². The number of sulfonamides is 1. The van der Waals surface area contributed by atoms with Crippen molar-refractivity contribution in [1.29, 1.82) is 0 Å². The second kappa shape index (κ2) is 8.29. The Balaban J connectivity index is 3.12. The van der Waals surface area contributed by atoms with Gasteiger partial charge in [-0.2, -0.15) is 4.31 Å². The van der Waals surface area contributed by atoms with E-state index in [4.69, 9.17) is 0 Å². The van der Waals surface area contributed by atoms with Gasteiger partial charge in [-0.15, -0.1) is 0 Å². The summed E-state index contributed by atoms with van der Waals surface area (Å²) in [5.41, 5.74) is 0.364. The highest BCUT2D eigenvalue weighted by atomic mass is 32.2. The number of rotatable bonds is 8. The Hall–Kier alpha value is -1.40. The van der Waals surface area contributed by atoms with Gasteiger partial charge in [-0.3, -0.25) is 4.79 Å². The van der Waals surface area contributed by atoms with Gasteiger partial charge in [-0.05, 0) is 44.9 Å². The zero-order valence-electron chi connectivity index (χ0n) is 13.8. The van der Waals surface area contributed by atoms with Gasteiger partial charge < -0.3 is 5.32 Å². The van der Waals surface area contributed by atoms with Gasteiger partial charge in [-0.1, -0.05) is 19.9 Å². The summed E-state index contributed by atoms with van der Waals surface area (Å²) in [4.78, 5) is 12.2. The fraction of sp³-hybridized carbons (Fsp3) is 0.562. The van der Waals surface area contributed by atoms with Crippen molar-refractivity contribution in [2.75, 3.05) is 13.1 Å². The monoisotopic (exact) mass is 326 g/mol. The molecule has 0 saturated heterocycles. The molecule has 0 fully saturated rings. The van der Waals surface area contributed by atoms with Gasteiger partial charge >= 0.3 is 0 Å². The van der Waals surface area contributed by atoms with Crippen LogP contribution in [0.3, 0.4) is 0 Å². The van der Waals surface area contributed by atoms with Crippen molar-refractivity contribution >= 4 is 15.9 Å². The molecule has 0 aliphatic carbocycles. The molecule has 0 aliphatic heterocycles. The fourth-order valence-corrected chi connectivity index (χ4v) is 3.81. The molecule has 0 saturated carbocycles. The zero-order valence-corrected chi connectivity index (χ0v) is 14.6. The van der Waals surface area contributed by atoms with Crippen LogP contribution < -0.4 is 5.32 Å². The third kappa shape index (κ3) is 4.81. The number of hydrogen-bond acceptors (Lipinski definition) is 3. The summed E-state index contributed by atoms with van der Waals surface area (Å²) in [6.45, 7) is 8.60. The van der Waals surface area contributed by atoms with Crippen molar-refractivity contribution in [2.24, 2.45) is 0 Å². The minimum Gasteiger partial charge on any atom is -0.350 e. The third-order valence-corrected chi connectivity index (χ3v) is 4.99. The summed E-state index contributed by atoms with van der Waals surface area (Å²) in [6.07, 6.45) is 1.51. The second-order valence-corrected chi connectivity index (χ2v) is 7.50. The van der Waals surface area contributed by atoms with Crippen LogP contribution in [-0.4, -0.2) is 37.8 Å². The molecule has 0 aromatic heterocycles. The lowest BCUT2D eigenvalue weighted by atomic mass is 10.2. The highest BCUT2D eigenvalue weighted by Gasteiger charge is 2.23. The van der Waals surface area contributed by atoms with E-state index in [0.29, 0.717) is 18.7 Å². The van der Waals surface area contributed by atoms with E-state index in [-0.39, 0.29) is 16.8 Å². The van der Waals surface area contributed by atoms with Gasteiger partial charge in [0.2, 0.25) is 10.0 Å². The molecule has 0 atom stereocenters. The van der Waals surface area contributed by atoms with Crippen LogP contribution in [0.25, 0.3) is 0 Å². The van der Waals surface area contributed by atoms with E-state index in [2.05, 4.69) is 5.32 Å². The molecule has 1 aromatic rings. The molecule has 1 aromatic carbocycles. The number of benzene rings is 1. The summed E-state index contributed by atoms with van der Waals surface area (Å²) in [7, 11) is -3.56. The first-order valence-corrected chi connectivity index (χ1v) is 9.18. The normalized spacial score (nSPS) is 11.9. The van der Waals surface area contributed by atoms with Crippen molar-refractivity contribution in [1.82, 2.24) is 9.62 Å². The smallest absolute Gasteiger partial charge is 0.251 e. The van der Waals surface area contributed by atoms with E-state index in [0.717, 1.165) is 12.8 Å². The lowest BCUT2D eigenvalue weighted by molar-refractivity contribution is 0.0943. The predicted octanol–water partition coefficient (Wildman–Crippen LogP) is 2.64. The molecule has 1 amide bonds. The molecule has 0 unspecified atom stereocenters. The van der Waals surface area contributed by atoms with Gasteiger partial charge in [0.25, 0.3) is 5.91 Å². The Morgan fingerprint density at radius 1 is 1.18 bits per heavy atom. The summed E-state index contributed by atoms with van der Waals surface area (Å²) in [6, 6.07) is 6.23. The summed E-state index contributed by atoms with van der Waals surface area (Å²) in [5, 5.41) is 2.77. The van der Waals surface area contributed by atoms with Crippen LogP contribution in [0.5, 0.6) is 0 Å². The minimum atomic E-state index is -3.56. The lowest BCUT2D eigenvalue weighted by Crippen LogP contribution is -2.33. The average Bonchev–Trinajstić information content (AvgIpc) is 2.46. The third-order valence-electron chi connectivity index (χ3n) is 3.10. The molecular formula is C16H26N2O3S. The lowest BCUT2D eigenvalue weighted by Gasteiger charge is -2.21. The van der Waals surface area contributed by atoms with Crippen LogP contribution in [0.4, 0.5) is 0 Å². The average molecular weight is 326 g/mol. The zero-order chi connectivity index (χ0) is 16.8. The maximum Gasteiger partial charge on any atom is 0.251 e. The molecule has 22 heavy (non-hydrogen) atoms. The van der Waals surface area contributed by atoms with Crippen molar-refractivity contribution < 1.29 is 13.2 Å². The van der Waals surface area contributed by atoms with E-state index in [9.17, 15) is 13.2 Å². The largest absolute Gasteiger partial charge is 0.350 e. The van der Waals surface area contributed by atoms with Crippen LogP contribution in [0, 0.1) is 0 Å². The fourth-order valence-electron chi connectivity index (χ4n) is 2.14. The van der Waals surface area contributed by atoms with Crippen LogP contribution in [0.15, 0.2) is 29.2 Å². The van der Waals surface area contributed by atoms with Crippen LogP contribution in [0.2, 0.25) is 0 Å². The molecule has 1 N–H and O–H groups in total. The first-order chi connectivity index (χ1) is 10.3. The SMILES string of the molecule is CCCN(CCC)S(=O)(=O)c1cccc(C(=O)NC(C)C)c1. The van der Waals surface area contributed by atoms with Gasteiger partial charge in [0.15, 0.2) is 0 Å². The number of carbonyl (C=O) groups is 1. The maximum atomic E-state index is 12.7. The number of hydrogen-bond donors (Lipinski definition) is 1. The molecule has 0 radical (unpaired) electrons. The van der Waals surface area contributed by atoms with Crippen LogP contribution >= 0.6 is 0 Å². The first kappa shape index (κ1) is 18.6. The number of amides is 1. The molecule has 0 heterocycles. The van der Waals surface area contributed by atoms with Gasteiger partial charge in [0, 0.05) is 24.7 Å². The molecule has 6 heteroatoms. The highest BCUT2D eigenvalue weighted by Crippen LogP contribution is 2.18. The van der Waals surface area contributed by atoms with E-state index < -0.39 is 10.0 Å². The summed E-state index contributed by atoms with van der Waals surface area (Å²) < 4.78 is 26.9. The van der Waals surface area contributed by atoms with Crippen LogP contribution in [-0.2, 0) is 10.0 Å². The maximum absolute atomic E-state index is 12.7. The number of nitrogens with zero attached hydrogens (tertiary/aromatic N) is 1. The summed E-state index contributed by atoms with van der Waals surface area (Å²) >= 11 is 0. The molecule has 1 rings (SSSR count). The number of carbonyl (C=O) groups excluding carboxylic acids is 1. The Morgan fingerprint density at radius 3 is 2.27 bits per heavy atom. The van der Waals surface area contributed by atoms with Gasteiger partial charge in [0.05, 0.1) is 4.90 Å². The molecule has 0 aliphatic rings. The molecule has 124 valence electrons. The van der Waals surface area contributed by atoms with E-state index in [1.165, 1.54) is 10.4 Å². The van der Waals surface area contributed by atoms with Crippen molar-refractivity contribution in [3.05, 3.63) is 29.8 Å². The molecular weight excluding hydrogens is 300 g/mol. The molecule has 0 spiro atoms. The standard InChI is InChI=1S/C16H26N2O3S/c1-5-10-18(11-6-2)22(20,21)15-9-7-8-14(12-15)16(19)17-13(3)4/h7-9,12-13H,5-6,10-11H2,1-4H3,(H,17,19). The van der Waals surface area contributed by atoms with Crippen molar-refractivity contribution in [2.45, 2.75) is 51.5 Å². The quantitative estimate of drug-likeness (QED) is 0.798. The van der Waals surface area contributed by atoms with E-state index in [1.807, 2.05) is 27.7 Å². The van der Waals surface area contributed by atoms with Crippen molar-refractivity contribution in [3.8, 4) is 0 Å². The Labute approximate surface area is 133 Å². The second-order valence-electron chi connectivity index (χ2n) is 5.56. The predicted molar refractivity (Wildman–Crippen MR) is 88.4 cm³/mol. The topological polar surface area (TPSA) is 66.5 Å². The van der Waals surface area contributed by atoms with E-state index >= 15 is 0 Å². The highest BCUT2D eigenvalue weighted by molar-refractivity contribution is 7.89. The summed E-state index contributed by atoms with van der Waals surface area (Å²) in [5.74, 6) is -0.260. The van der Waals surface area contributed by atoms with Crippen LogP contribution in [0.1, 0.15) is 50.9 Å². The van der Waals surface area contributed by atoms with E-state index in [1.54, 1.807) is 18.2 Å². The first-order valence-electron chi connectivity index (χ1n) is 7.74. The minimum absolute atomic E-state index is 0.00412. The Bertz CT molecular complexity index is 591. The van der Waals surface area contributed by atoms with Gasteiger partial charge in [0.1, 0.15) is 0 Å². The Kier molecular flexibility index (Phi) is 7.03. The molecule has 5 nitrogen and oxygen atoms in total. The van der Waals surface area contributed by atoms with Gasteiger partial charge in [-0.25, -0.2) is 8.42 Å². The number of nitrogens with one attached hydrogen (secondary N) is 1. The molecule has 0 bridgehead atoms. The Morgan fingerprint density at radius 2 is 1.77 bits per heavy atom.